The van der Waals surface area contributed by atoms with Gasteiger partial charge in [-0.15, -0.1) is 0 Å². The molecule has 9 aromatic rings. The van der Waals surface area contributed by atoms with Crippen molar-refractivity contribution in [2.45, 2.75) is 0 Å². The molecule has 2 heteroatoms. The van der Waals surface area contributed by atoms with Crippen LogP contribution in [-0.4, -0.2) is 0 Å². The van der Waals surface area contributed by atoms with Crippen molar-refractivity contribution in [3.63, 3.8) is 0 Å². The smallest absolute Gasteiger partial charge is 0.135 e. The van der Waals surface area contributed by atoms with Crippen molar-refractivity contribution in [1.82, 2.24) is 0 Å². The molecule has 2 nitrogen and oxygen atoms in total. The first-order chi connectivity index (χ1) is 23.8. The van der Waals surface area contributed by atoms with Gasteiger partial charge >= 0.3 is 0 Å². The van der Waals surface area contributed by atoms with E-state index in [-0.39, 0.29) is 0 Å². The molecule has 0 atom stereocenters. The van der Waals surface area contributed by atoms with Gasteiger partial charge in [-0.05, 0) is 92.3 Å². The van der Waals surface area contributed by atoms with Gasteiger partial charge in [-0.1, -0.05) is 140 Å². The molecule has 0 amide bonds. The first-order valence-electron chi connectivity index (χ1n) is 16.3. The predicted octanol–water partition coefficient (Wildman–Crippen LogP) is 13.2. The molecule has 0 spiro atoms. The van der Waals surface area contributed by atoms with E-state index in [1.54, 1.807) is 0 Å². The van der Waals surface area contributed by atoms with Gasteiger partial charge in [0.05, 0.1) is 0 Å². The van der Waals surface area contributed by atoms with E-state index >= 15 is 0 Å². The van der Waals surface area contributed by atoms with Crippen molar-refractivity contribution < 1.29 is 4.42 Å². The van der Waals surface area contributed by atoms with E-state index in [4.69, 9.17) is 4.42 Å². The lowest BCUT2D eigenvalue weighted by molar-refractivity contribution is 0.631. The normalized spacial score (nSPS) is 11.3. The van der Waals surface area contributed by atoms with E-state index in [0.717, 1.165) is 39.4 Å². The SMILES string of the molecule is c1ccc(-c2ccc(-c3ccc(N(c4cccc(-c5cc6ccccc6o5)c4)c4ccc5c(ccc6ccccc65)c4)cc3)cc2)cc1. The summed E-state index contributed by atoms with van der Waals surface area (Å²) in [5.41, 5.74) is 9.99. The number of fused-ring (bicyclic) bond motifs is 4. The van der Waals surface area contributed by atoms with Crippen LogP contribution in [-0.2, 0) is 0 Å². The summed E-state index contributed by atoms with van der Waals surface area (Å²) >= 11 is 0. The second-order valence-electron chi connectivity index (χ2n) is 12.2. The lowest BCUT2D eigenvalue weighted by atomic mass is 9.99. The molecule has 9 rings (SSSR count). The van der Waals surface area contributed by atoms with Crippen LogP contribution in [0.25, 0.3) is 66.1 Å². The maximum atomic E-state index is 6.28. The highest BCUT2D eigenvalue weighted by molar-refractivity contribution is 6.08. The molecule has 0 fully saturated rings. The van der Waals surface area contributed by atoms with Crippen LogP contribution in [0.4, 0.5) is 17.1 Å². The highest BCUT2D eigenvalue weighted by Crippen LogP contribution is 2.40. The maximum Gasteiger partial charge on any atom is 0.135 e. The van der Waals surface area contributed by atoms with Crippen molar-refractivity contribution >= 4 is 49.6 Å². The summed E-state index contributed by atoms with van der Waals surface area (Å²) in [6, 6.07) is 67.0. The van der Waals surface area contributed by atoms with Crippen LogP contribution in [0.1, 0.15) is 0 Å². The van der Waals surface area contributed by atoms with Gasteiger partial charge in [-0.25, -0.2) is 0 Å². The Bertz CT molecular complexity index is 2510. The average molecular weight is 614 g/mol. The number of benzene rings is 8. The van der Waals surface area contributed by atoms with Crippen LogP contribution in [0, 0.1) is 0 Å². The van der Waals surface area contributed by atoms with Gasteiger partial charge in [0.1, 0.15) is 11.3 Å². The third-order valence-corrected chi connectivity index (χ3v) is 9.25. The Morgan fingerprint density at radius 3 is 1.65 bits per heavy atom. The first kappa shape index (κ1) is 27.9. The summed E-state index contributed by atoms with van der Waals surface area (Å²) in [5.74, 6) is 0.859. The fraction of sp³-hybridized carbons (Fsp3) is 0. The fourth-order valence-corrected chi connectivity index (χ4v) is 6.80. The van der Waals surface area contributed by atoms with Gasteiger partial charge in [-0.3, -0.25) is 0 Å². The first-order valence-corrected chi connectivity index (χ1v) is 16.3. The molecule has 0 saturated heterocycles. The van der Waals surface area contributed by atoms with Crippen LogP contribution >= 0.6 is 0 Å². The monoisotopic (exact) mass is 613 g/mol. The summed E-state index contributed by atoms with van der Waals surface area (Å²) in [4.78, 5) is 2.34. The number of hydrogen-bond donors (Lipinski definition) is 0. The molecule has 0 unspecified atom stereocenters. The molecule has 0 saturated carbocycles. The van der Waals surface area contributed by atoms with Gasteiger partial charge in [0.15, 0.2) is 0 Å². The number of nitrogens with zero attached hydrogens (tertiary/aromatic N) is 1. The Kier molecular flexibility index (Phi) is 6.84. The second kappa shape index (κ2) is 11.8. The van der Waals surface area contributed by atoms with Crippen LogP contribution in [0.5, 0.6) is 0 Å². The molecule has 0 aliphatic carbocycles. The van der Waals surface area contributed by atoms with E-state index in [0.29, 0.717) is 0 Å². The number of rotatable bonds is 6. The Morgan fingerprint density at radius 2 is 0.875 bits per heavy atom. The van der Waals surface area contributed by atoms with Crippen LogP contribution in [0.3, 0.4) is 0 Å². The third-order valence-electron chi connectivity index (χ3n) is 9.25. The zero-order valence-corrected chi connectivity index (χ0v) is 26.3. The molecular weight excluding hydrogens is 583 g/mol. The minimum Gasteiger partial charge on any atom is -0.456 e. The van der Waals surface area contributed by atoms with Gasteiger partial charge in [0.25, 0.3) is 0 Å². The topological polar surface area (TPSA) is 16.4 Å². The largest absolute Gasteiger partial charge is 0.456 e. The minimum atomic E-state index is 0.859. The molecule has 226 valence electrons. The third kappa shape index (κ3) is 5.10. The Balaban J connectivity index is 1.13. The second-order valence-corrected chi connectivity index (χ2v) is 12.2. The maximum absolute atomic E-state index is 6.28. The summed E-state index contributed by atoms with van der Waals surface area (Å²) < 4.78 is 6.28. The number of para-hydroxylation sites is 1. The van der Waals surface area contributed by atoms with Gasteiger partial charge < -0.3 is 9.32 Å². The molecule has 1 heterocycles. The van der Waals surface area contributed by atoms with Crippen LogP contribution in [0.15, 0.2) is 192 Å². The summed E-state index contributed by atoms with van der Waals surface area (Å²) in [6.07, 6.45) is 0. The number of furan rings is 1. The van der Waals surface area contributed by atoms with E-state index in [1.165, 1.54) is 43.8 Å². The molecule has 0 aliphatic heterocycles. The zero-order valence-electron chi connectivity index (χ0n) is 26.3. The highest BCUT2D eigenvalue weighted by atomic mass is 16.3. The standard InChI is InChI=1S/C46H31NO/c1-2-9-32(10-3-1)33-17-19-34(20-18-33)35-23-25-40(26-24-35)47(42-27-28-44-37(29-42)22-21-36-11-4-6-15-43(36)44)41-14-8-13-38(30-41)46-31-39-12-5-7-16-45(39)48-46/h1-31H. The highest BCUT2D eigenvalue weighted by Gasteiger charge is 2.16. The number of anilines is 3. The van der Waals surface area contributed by atoms with Crippen molar-refractivity contribution in [2.24, 2.45) is 0 Å². The molecule has 0 N–H and O–H groups in total. The minimum absolute atomic E-state index is 0.859. The Labute approximate surface area is 279 Å². The van der Waals surface area contributed by atoms with E-state index < -0.39 is 0 Å². The van der Waals surface area contributed by atoms with Crippen molar-refractivity contribution in [3.8, 4) is 33.6 Å². The molecule has 0 bridgehead atoms. The van der Waals surface area contributed by atoms with Crippen LogP contribution in [0.2, 0.25) is 0 Å². The number of hydrogen-bond acceptors (Lipinski definition) is 2. The average Bonchev–Trinajstić information content (AvgIpc) is 3.61. The molecule has 8 aromatic carbocycles. The van der Waals surface area contributed by atoms with E-state index in [2.05, 4.69) is 175 Å². The molecule has 0 aliphatic rings. The van der Waals surface area contributed by atoms with Crippen molar-refractivity contribution in [2.75, 3.05) is 4.90 Å². The van der Waals surface area contributed by atoms with Crippen LogP contribution < -0.4 is 4.90 Å². The van der Waals surface area contributed by atoms with E-state index in [9.17, 15) is 0 Å². The Hall–Kier alpha value is -6.38. The summed E-state index contributed by atoms with van der Waals surface area (Å²) in [6.45, 7) is 0. The molecule has 48 heavy (non-hydrogen) atoms. The lowest BCUT2D eigenvalue weighted by Gasteiger charge is -2.26. The molecular formula is C46H31NO. The lowest BCUT2D eigenvalue weighted by Crippen LogP contribution is -2.10. The summed E-state index contributed by atoms with van der Waals surface area (Å²) in [5, 5.41) is 6.08. The van der Waals surface area contributed by atoms with Crippen molar-refractivity contribution in [1.29, 1.82) is 0 Å². The predicted molar refractivity (Wildman–Crippen MR) is 202 cm³/mol. The molecule has 0 radical (unpaired) electrons. The van der Waals surface area contributed by atoms with Crippen molar-refractivity contribution in [3.05, 3.63) is 188 Å². The van der Waals surface area contributed by atoms with Gasteiger partial charge in [0.2, 0.25) is 0 Å². The van der Waals surface area contributed by atoms with E-state index in [1.807, 2.05) is 18.2 Å². The zero-order chi connectivity index (χ0) is 31.9. The quantitative estimate of drug-likeness (QED) is 0.174. The van der Waals surface area contributed by atoms with Gasteiger partial charge in [0, 0.05) is 28.0 Å². The Morgan fingerprint density at radius 1 is 0.312 bits per heavy atom. The fourth-order valence-electron chi connectivity index (χ4n) is 6.80. The van der Waals surface area contributed by atoms with Gasteiger partial charge in [-0.2, -0.15) is 0 Å². The molecule has 1 aromatic heterocycles. The summed E-state index contributed by atoms with van der Waals surface area (Å²) in [7, 11) is 0.